The van der Waals surface area contributed by atoms with Crippen LogP contribution in [0.3, 0.4) is 0 Å². The molecule has 0 bridgehead atoms. The van der Waals surface area contributed by atoms with Crippen molar-refractivity contribution in [3.05, 3.63) is 16.1 Å². The van der Waals surface area contributed by atoms with Gasteiger partial charge in [-0.2, -0.15) is 0 Å². The number of carbonyl (C=O) groups excluding carboxylic acids is 1. The summed E-state index contributed by atoms with van der Waals surface area (Å²) in [5.41, 5.74) is 1.30. The molecule has 6 heteroatoms. The van der Waals surface area contributed by atoms with Crippen molar-refractivity contribution in [2.75, 3.05) is 32.7 Å². The van der Waals surface area contributed by atoms with Gasteiger partial charge in [-0.15, -0.1) is 11.3 Å². The van der Waals surface area contributed by atoms with Gasteiger partial charge in [0.15, 0.2) is 0 Å². The SMILES string of the molecule is CC(C)N(C(=O)CN1CCN(Cc2nc(C(C)(C)C)cs2)CC1)C(C)C. The van der Waals surface area contributed by atoms with Crippen LogP contribution in [0, 0.1) is 0 Å². The first-order valence-corrected chi connectivity index (χ1v) is 10.7. The number of rotatable bonds is 6. The Balaban J connectivity index is 1.82. The summed E-state index contributed by atoms with van der Waals surface area (Å²) in [7, 11) is 0. The van der Waals surface area contributed by atoms with Crippen LogP contribution in [0.4, 0.5) is 0 Å². The molecule has 26 heavy (non-hydrogen) atoms. The van der Waals surface area contributed by atoms with Crippen molar-refractivity contribution in [2.45, 2.75) is 72.5 Å². The molecule has 1 fully saturated rings. The molecule has 1 saturated heterocycles. The minimum absolute atomic E-state index is 0.118. The molecule has 0 spiro atoms. The second-order valence-corrected chi connectivity index (χ2v) is 9.86. The van der Waals surface area contributed by atoms with Crippen LogP contribution in [-0.2, 0) is 16.8 Å². The summed E-state index contributed by atoms with van der Waals surface area (Å²) in [6.45, 7) is 20.4. The van der Waals surface area contributed by atoms with E-state index in [1.165, 1.54) is 10.7 Å². The van der Waals surface area contributed by atoms with Crippen LogP contribution < -0.4 is 0 Å². The van der Waals surface area contributed by atoms with Crippen molar-refractivity contribution in [3.8, 4) is 0 Å². The van der Waals surface area contributed by atoms with Gasteiger partial charge in [-0.25, -0.2) is 4.98 Å². The van der Waals surface area contributed by atoms with Crippen molar-refractivity contribution in [1.29, 1.82) is 0 Å². The Kier molecular flexibility index (Phi) is 7.22. The average Bonchev–Trinajstić information content (AvgIpc) is 2.97. The van der Waals surface area contributed by atoms with E-state index < -0.39 is 0 Å². The lowest BCUT2D eigenvalue weighted by atomic mass is 9.93. The highest BCUT2D eigenvalue weighted by atomic mass is 32.1. The number of carbonyl (C=O) groups is 1. The summed E-state index contributed by atoms with van der Waals surface area (Å²) in [4.78, 5) is 24.2. The largest absolute Gasteiger partial charge is 0.337 e. The van der Waals surface area contributed by atoms with Gasteiger partial charge in [0.1, 0.15) is 5.01 Å². The molecule has 0 aliphatic carbocycles. The lowest BCUT2D eigenvalue weighted by molar-refractivity contribution is -0.136. The van der Waals surface area contributed by atoms with Gasteiger partial charge in [0.2, 0.25) is 5.91 Å². The fraction of sp³-hybridized carbons (Fsp3) is 0.800. The Morgan fingerprint density at radius 2 is 1.65 bits per heavy atom. The molecule has 2 rings (SSSR count). The third-order valence-corrected chi connectivity index (χ3v) is 5.74. The number of nitrogens with zero attached hydrogens (tertiary/aromatic N) is 4. The van der Waals surface area contributed by atoms with E-state index in [1.807, 2.05) is 4.90 Å². The fourth-order valence-electron chi connectivity index (χ4n) is 3.47. The average molecular weight is 381 g/mol. The molecule has 1 aliphatic rings. The summed E-state index contributed by atoms with van der Waals surface area (Å²) in [5.74, 6) is 0.248. The van der Waals surface area contributed by atoms with Crippen molar-refractivity contribution in [3.63, 3.8) is 0 Å². The van der Waals surface area contributed by atoms with E-state index in [0.717, 1.165) is 32.7 Å². The maximum atomic E-state index is 12.6. The van der Waals surface area contributed by atoms with Crippen LogP contribution in [0.2, 0.25) is 0 Å². The van der Waals surface area contributed by atoms with Crippen LogP contribution in [0.25, 0.3) is 0 Å². The van der Waals surface area contributed by atoms with Crippen LogP contribution in [-0.4, -0.2) is 70.4 Å². The molecular formula is C20H36N4OS. The van der Waals surface area contributed by atoms with E-state index in [0.29, 0.717) is 6.54 Å². The molecule has 1 aliphatic heterocycles. The van der Waals surface area contributed by atoms with E-state index in [1.54, 1.807) is 11.3 Å². The van der Waals surface area contributed by atoms with Crippen molar-refractivity contribution >= 4 is 17.2 Å². The van der Waals surface area contributed by atoms with Gasteiger partial charge in [-0.1, -0.05) is 20.8 Å². The maximum absolute atomic E-state index is 12.6. The maximum Gasteiger partial charge on any atom is 0.237 e. The van der Waals surface area contributed by atoms with Crippen molar-refractivity contribution < 1.29 is 4.79 Å². The van der Waals surface area contributed by atoms with Crippen LogP contribution in [0.15, 0.2) is 5.38 Å². The Morgan fingerprint density at radius 1 is 1.12 bits per heavy atom. The summed E-state index contributed by atoms with van der Waals surface area (Å²) in [6, 6.07) is 0.511. The zero-order valence-corrected chi connectivity index (χ0v) is 18.4. The molecule has 0 N–H and O–H groups in total. The van der Waals surface area contributed by atoms with Crippen molar-refractivity contribution in [2.24, 2.45) is 0 Å². The topological polar surface area (TPSA) is 39.7 Å². The third-order valence-electron chi connectivity index (χ3n) is 4.90. The molecule has 0 saturated carbocycles. The first kappa shape index (κ1) is 21.3. The van der Waals surface area contributed by atoms with Gasteiger partial charge in [-0.05, 0) is 27.7 Å². The molecule has 5 nitrogen and oxygen atoms in total. The van der Waals surface area contributed by atoms with Crippen LogP contribution >= 0.6 is 11.3 Å². The number of piperazine rings is 1. The highest BCUT2D eigenvalue weighted by Crippen LogP contribution is 2.24. The number of thiazole rings is 1. The molecule has 0 atom stereocenters. The first-order chi connectivity index (χ1) is 12.1. The lowest BCUT2D eigenvalue weighted by Crippen LogP contribution is -2.52. The van der Waals surface area contributed by atoms with E-state index in [4.69, 9.17) is 4.98 Å². The molecule has 0 unspecified atom stereocenters. The molecule has 0 radical (unpaired) electrons. The summed E-state index contributed by atoms with van der Waals surface area (Å²) in [5, 5.41) is 3.39. The first-order valence-electron chi connectivity index (χ1n) is 9.78. The predicted octanol–water partition coefficient (Wildman–Crippen LogP) is 3.20. The molecule has 2 heterocycles. The predicted molar refractivity (Wildman–Crippen MR) is 110 cm³/mol. The minimum Gasteiger partial charge on any atom is -0.337 e. The Labute approximate surface area is 163 Å². The Morgan fingerprint density at radius 3 is 2.12 bits per heavy atom. The zero-order chi connectivity index (χ0) is 19.5. The zero-order valence-electron chi connectivity index (χ0n) is 17.6. The van der Waals surface area contributed by atoms with Crippen LogP contribution in [0.5, 0.6) is 0 Å². The molecule has 1 aromatic rings. The second-order valence-electron chi connectivity index (χ2n) is 8.92. The summed E-state index contributed by atoms with van der Waals surface area (Å²) < 4.78 is 0. The van der Waals surface area contributed by atoms with Crippen LogP contribution in [0.1, 0.15) is 59.2 Å². The molecule has 148 valence electrons. The Bertz CT molecular complexity index is 575. The second kappa shape index (κ2) is 8.81. The standard InChI is InChI=1S/C20H36N4OS/c1-15(2)24(16(3)4)19(25)13-23-10-8-22(9-11-23)12-18-21-17(14-26-18)20(5,6)7/h14-16H,8-13H2,1-7H3. The highest BCUT2D eigenvalue weighted by molar-refractivity contribution is 7.09. The molecular weight excluding hydrogens is 344 g/mol. The van der Waals surface area contributed by atoms with E-state index in [9.17, 15) is 4.79 Å². The van der Waals surface area contributed by atoms with E-state index >= 15 is 0 Å². The number of aromatic nitrogens is 1. The number of amides is 1. The summed E-state index contributed by atoms with van der Waals surface area (Å²) in [6.07, 6.45) is 0. The monoisotopic (exact) mass is 380 g/mol. The van der Waals surface area contributed by atoms with Crippen molar-refractivity contribution in [1.82, 2.24) is 19.7 Å². The van der Waals surface area contributed by atoms with Gasteiger partial charge >= 0.3 is 0 Å². The quantitative estimate of drug-likeness (QED) is 0.760. The number of hydrogen-bond acceptors (Lipinski definition) is 5. The molecule has 0 aromatic carbocycles. The van der Waals surface area contributed by atoms with Gasteiger partial charge in [-0.3, -0.25) is 14.6 Å². The normalized spacial score (nSPS) is 17.3. The van der Waals surface area contributed by atoms with Gasteiger partial charge in [0.05, 0.1) is 18.8 Å². The lowest BCUT2D eigenvalue weighted by Gasteiger charge is -2.37. The van der Waals surface area contributed by atoms with Gasteiger partial charge in [0.25, 0.3) is 0 Å². The van der Waals surface area contributed by atoms with E-state index in [-0.39, 0.29) is 23.4 Å². The highest BCUT2D eigenvalue weighted by Gasteiger charge is 2.25. The summed E-state index contributed by atoms with van der Waals surface area (Å²) >= 11 is 1.76. The van der Waals surface area contributed by atoms with Gasteiger partial charge < -0.3 is 4.90 Å². The Hall–Kier alpha value is -0.980. The number of hydrogen-bond donors (Lipinski definition) is 0. The molecule has 1 amide bonds. The van der Waals surface area contributed by atoms with Gasteiger partial charge in [0, 0.05) is 49.1 Å². The third kappa shape index (κ3) is 5.76. The fourth-order valence-corrected chi connectivity index (χ4v) is 4.53. The van der Waals surface area contributed by atoms with E-state index in [2.05, 4.69) is 63.6 Å². The molecule has 1 aromatic heterocycles. The smallest absolute Gasteiger partial charge is 0.237 e. The minimum atomic E-state index is 0.118.